The van der Waals surface area contributed by atoms with E-state index in [4.69, 9.17) is 4.74 Å². The molecule has 4 aromatic rings. The van der Waals surface area contributed by atoms with Crippen LogP contribution in [0.2, 0.25) is 0 Å². The van der Waals surface area contributed by atoms with Crippen LogP contribution < -0.4 is 9.46 Å². The molecular formula is C23H18F2N4O4S2. The molecule has 0 spiro atoms. The molecule has 0 saturated heterocycles. The summed E-state index contributed by atoms with van der Waals surface area (Å²) in [4.78, 5) is 12.4. The van der Waals surface area contributed by atoms with E-state index in [1.54, 1.807) is 25.1 Å². The van der Waals surface area contributed by atoms with Gasteiger partial charge in [0.1, 0.15) is 0 Å². The number of phenols is 1. The molecule has 0 saturated carbocycles. The Balaban J connectivity index is 1.53. The van der Waals surface area contributed by atoms with E-state index in [2.05, 4.69) is 19.7 Å². The summed E-state index contributed by atoms with van der Waals surface area (Å²) in [5, 5.41) is 11.5. The van der Waals surface area contributed by atoms with Gasteiger partial charge in [-0.2, -0.15) is 8.42 Å². The minimum Gasteiger partial charge on any atom is -0.504 e. The number of rotatable bonds is 7. The van der Waals surface area contributed by atoms with Gasteiger partial charge in [-0.05, 0) is 48.9 Å². The van der Waals surface area contributed by atoms with Crippen LogP contribution in [0.3, 0.4) is 0 Å². The SMILES string of the molecule is COc1cccc(C=Nc2cnc(S(=O)(=O)Nc3nc(-c4ccc(F)c(F)c4)cs3)c(C)c2)c1O. The summed E-state index contributed by atoms with van der Waals surface area (Å²) in [5.41, 5.74) is 1.73. The van der Waals surface area contributed by atoms with E-state index < -0.39 is 21.7 Å². The number of pyridine rings is 1. The van der Waals surface area contributed by atoms with Gasteiger partial charge in [0.25, 0.3) is 10.0 Å². The second-order valence-electron chi connectivity index (χ2n) is 7.24. The zero-order chi connectivity index (χ0) is 25.2. The Bertz CT molecular complexity index is 1540. The van der Waals surface area contributed by atoms with Crippen LogP contribution in [-0.4, -0.2) is 36.8 Å². The third kappa shape index (κ3) is 5.28. The average molecular weight is 517 g/mol. The van der Waals surface area contributed by atoms with Crippen molar-refractivity contribution in [1.29, 1.82) is 0 Å². The van der Waals surface area contributed by atoms with E-state index in [0.29, 0.717) is 33.8 Å². The molecule has 2 N–H and O–H groups in total. The molecule has 0 radical (unpaired) electrons. The molecular weight excluding hydrogens is 498 g/mol. The highest BCUT2D eigenvalue weighted by Gasteiger charge is 2.21. The van der Waals surface area contributed by atoms with E-state index in [-0.39, 0.29) is 15.9 Å². The lowest BCUT2D eigenvalue weighted by Gasteiger charge is -2.08. The molecule has 12 heteroatoms. The van der Waals surface area contributed by atoms with Crippen molar-refractivity contribution >= 4 is 38.4 Å². The highest BCUT2D eigenvalue weighted by Crippen LogP contribution is 2.30. The Kier molecular flexibility index (Phi) is 6.76. The first kappa shape index (κ1) is 24.2. The Morgan fingerprint density at radius 1 is 1.17 bits per heavy atom. The minimum atomic E-state index is -4.08. The molecule has 0 aliphatic rings. The van der Waals surface area contributed by atoms with Gasteiger partial charge in [-0.25, -0.2) is 18.7 Å². The molecule has 2 heterocycles. The third-order valence-corrected chi connectivity index (χ3v) is 7.10. The molecule has 0 amide bonds. The van der Waals surface area contributed by atoms with E-state index in [0.717, 1.165) is 23.5 Å². The molecule has 0 atom stereocenters. The highest BCUT2D eigenvalue weighted by atomic mass is 32.2. The van der Waals surface area contributed by atoms with Gasteiger partial charge in [-0.15, -0.1) is 11.3 Å². The Hall–Kier alpha value is -3.90. The van der Waals surface area contributed by atoms with Crippen LogP contribution in [0, 0.1) is 18.6 Å². The maximum absolute atomic E-state index is 13.5. The number of phenolic OH excluding ortho intramolecular Hbond substituents is 1. The van der Waals surface area contributed by atoms with Crippen LogP contribution >= 0.6 is 11.3 Å². The predicted octanol–water partition coefficient (Wildman–Crippen LogP) is 5.06. The van der Waals surface area contributed by atoms with Crippen LogP contribution in [0.5, 0.6) is 11.5 Å². The zero-order valence-electron chi connectivity index (χ0n) is 18.4. The fraction of sp³-hybridized carbons (Fsp3) is 0.0870. The molecule has 8 nitrogen and oxygen atoms in total. The van der Waals surface area contributed by atoms with Crippen molar-refractivity contribution in [1.82, 2.24) is 9.97 Å². The van der Waals surface area contributed by atoms with Crippen molar-refractivity contribution in [2.75, 3.05) is 11.8 Å². The van der Waals surface area contributed by atoms with Crippen molar-refractivity contribution in [2.24, 2.45) is 4.99 Å². The second-order valence-corrected chi connectivity index (χ2v) is 9.70. The highest BCUT2D eigenvalue weighted by molar-refractivity contribution is 7.92. The number of aromatic nitrogens is 2. The smallest absolute Gasteiger partial charge is 0.281 e. The molecule has 2 aromatic carbocycles. The Morgan fingerprint density at radius 3 is 2.69 bits per heavy atom. The molecule has 0 aliphatic carbocycles. The van der Waals surface area contributed by atoms with Gasteiger partial charge in [-0.3, -0.25) is 9.71 Å². The average Bonchev–Trinajstić information content (AvgIpc) is 3.27. The second kappa shape index (κ2) is 9.76. The number of para-hydroxylation sites is 1. The van der Waals surface area contributed by atoms with Gasteiger partial charge in [-0.1, -0.05) is 6.07 Å². The van der Waals surface area contributed by atoms with E-state index in [9.17, 15) is 22.3 Å². The summed E-state index contributed by atoms with van der Waals surface area (Å²) in [6, 6.07) is 9.79. The van der Waals surface area contributed by atoms with Gasteiger partial charge in [0.2, 0.25) is 0 Å². The van der Waals surface area contributed by atoms with Crippen LogP contribution in [-0.2, 0) is 10.0 Å². The summed E-state index contributed by atoms with van der Waals surface area (Å²) in [6.07, 6.45) is 2.69. The van der Waals surface area contributed by atoms with Crippen molar-refractivity contribution in [2.45, 2.75) is 11.9 Å². The number of aliphatic imine (C=N–C) groups is 1. The maximum atomic E-state index is 13.5. The van der Waals surface area contributed by atoms with Crippen molar-refractivity contribution in [3.8, 4) is 22.8 Å². The number of hydrogen-bond acceptors (Lipinski definition) is 8. The third-order valence-electron chi connectivity index (χ3n) is 4.81. The number of halogens is 2. The van der Waals surface area contributed by atoms with Gasteiger partial charge in [0.05, 0.1) is 24.7 Å². The fourth-order valence-corrected chi connectivity index (χ4v) is 5.25. The normalized spacial score (nSPS) is 11.7. The number of nitrogens with one attached hydrogen (secondary N) is 1. The lowest BCUT2D eigenvalue weighted by Crippen LogP contribution is -2.15. The molecule has 35 heavy (non-hydrogen) atoms. The van der Waals surface area contributed by atoms with Crippen molar-refractivity contribution in [3.63, 3.8) is 0 Å². The minimum absolute atomic E-state index is 0.0431. The number of aryl methyl sites for hydroxylation is 1. The molecule has 4 rings (SSSR count). The first-order valence-electron chi connectivity index (χ1n) is 9.98. The molecule has 0 bridgehead atoms. The number of sulfonamides is 1. The predicted molar refractivity (Wildman–Crippen MR) is 129 cm³/mol. The number of thiazole rings is 1. The quantitative estimate of drug-likeness (QED) is 0.332. The van der Waals surface area contributed by atoms with Gasteiger partial charge < -0.3 is 9.84 Å². The number of aromatic hydroxyl groups is 1. The van der Waals surface area contributed by atoms with Gasteiger partial charge >= 0.3 is 0 Å². The summed E-state index contributed by atoms with van der Waals surface area (Å²) >= 11 is 0.992. The molecule has 180 valence electrons. The topological polar surface area (TPSA) is 114 Å². The molecule has 0 fully saturated rings. The number of methoxy groups -OCH3 is 1. The number of hydrogen-bond donors (Lipinski definition) is 2. The van der Waals surface area contributed by atoms with Gasteiger partial charge in [0, 0.05) is 22.7 Å². The van der Waals surface area contributed by atoms with Crippen molar-refractivity contribution in [3.05, 3.63) is 76.8 Å². The number of benzene rings is 2. The summed E-state index contributed by atoms with van der Waals surface area (Å²) in [6.45, 7) is 1.57. The summed E-state index contributed by atoms with van der Waals surface area (Å²) in [7, 11) is -2.65. The van der Waals surface area contributed by atoms with Crippen LogP contribution in [0.15, 0.2) is 64.1 Å². The van der Waals surface area contributed by atoms with Crippen LogP contribution in [0.25, 0.3) is 11.3 Å². The lowest BCUT2D eigenvalue weighted by molar-refractivity contribution is 0.373. The first-order chi connectivity index (χ1) is 16.7. The van der Waals surface area contributed by atoms with E-state index in [1.165, 1.54) is 37.0 Å². The monoisotopic (exact) mass is 516 g/mol. The molecule has 2 aromatic heterocycles. The van der Waals surface area contributed by atoms with E-state index in [1.807, 2.05) is 0 Å². The first-order valence-corrected chi connectivity index (χ1v) is 12.3. The number of nitrogens with zero attached hydrogens (tertiary/aromatic N) is 3. The van der Waals surface area contributed by atoms with Crippen LogP contribution in [0.1, 0.15) is 11.1 Å². The maximum Gasteiger partial charge on any atom is 0.281 e. The number of anilines is 1. The van der Waals surface area contributed by atoms with Crippen molar-refractivity contribution < 1.29 is 27.0 Å². The Labute approximate surface area is 203 Å². The van der Waals surface area contributed by atoms with E-state index >= 15 is 0 Å². The summed E-state index contributed by atoms with van der Waals surface area (Å²) in [5.74, 6) is -1.79. The number of ether oxygens (including phenoxy) is 1. The fourth-order valence-electron chi connectivity index (χ4n) is 3.12. The molecule has 0 unspecified atom stereocenters. The van der Waals surface area contributed by atoms with Crippen LogP contribution in [0.4, 0.5) is 19.6 Å². The summed E-state index contributed by atoms with van der Waals surface area (Å²) < 4.78 is 59.8. The molecule has 0 aliphatic heterocycles. The Morgan fingerprint density at radius 2 is 1.97 bits per heavy atom. The largest absolute Gasteiger partial charge is 0.504 e. The zero-order valence-corrected chi connectivity index (χ0v) is 20.0. The van der Waals surface area contributed by atoms with Gasteiger partial charge in [0.15, 0.2) is 33.3 Å². The standard InChI is InChI=1S/C23H18F2N4O4S2/c1-13-8-16(26-10-15-4-3-5-20(33-2)21(15)30)11-27-22(13)35(31,32)29-23-28-19(12-34-23)14-6-7-17(24)18(25)9-14/h3-12,30H,1-2H3,(H,28,29). The lowest BCUT2D eigenvalue weighted by atomic mass is 10.2.